The standard InChI is InChI=1S/C19H11F4N3O2/c20-11-1-3-12(4-2-11)25-18(27)10-7-8-24-15(9-10)19(28)26-14-6-5-13(21)16(22)17(14)23/h1-9H,(H,25,27)(H,26,28). The SMILES string of the molecule is O=C(Nc1ccc(F)cc1)c1ccnc(C(=O)Nc2ccc(F)c(F)c2F)c1. The van der Waals surface area contributed by atoms with Crippen molar-refractivity contribution in [2.24, 2.45) is 0 Å². The van der Waals surface area contributed by atoms with E-state index in [0.29, 0.717) is 11.8 Å². The molecule has 0 aliphatic heterocycles. The summed E-state index contributed by atoms with van der Waals surface area (Å²) in [5.41, 5.74) is -0.448. The van der Waals surface area contributed by atoms with Crippen LogP contribution >= 0.6 is 0 Å². The summed E-state index contributed by atoms with van der Waals surface area (Å²) in [6.07, 6.45) is 1.18. The summed E-state index contributed by atoms with van der Waals surface area (Å²) in [5, 5.41) is 4.57. The lowest BCUT2D eigenvalue weighted by atomic mass is 10.2. The molecule has 1 aromatic heterocycles. The summed E-state index contributed by atoms with van der Waals surface area (Å²) in [5.74, 6) is -6.67. The number of halogens is 4. The number of pyridine rings is 1. The van der Waals surface area contributed by atoms with Gasteiger partial charge in [-0.05, 0) is 48.5 Å². The quantitative estimate of drug-likeness (QED) is 0.520. The van der Waals surface area contributed by atoms with Gasteiger partial charge >= 0.3 is 0 Å². The molecule has 5 nitrogen and oxygen atoms in total. The first-order valence-corrected chi connectivity index (χ1v) is 7.83. The molecule has 0 unspecified atom stereocenters. The molecule has 142 valence electrons. The van der Waals surface area contributed by atoms with Crippen LogP contribution in [0.4, 0.5) is 28.9 Å². The summed E-state index contributed by atoms with van der Waals surface area (Å²) >= 11 is 0. The topological polar surface area (TPSA) is 71.1 Å². The highest BCUT2D eigenvalue weighted by Crippen LogP contribution is 2.20. The average Bonchev–Trinajstić information content (AvgIpc) is 2.70. The van der Waals surface area contributed by atoms with Gasteiger partial charge in [0.25, 0.3) is 11.8 Å². The predicted octanol–water partition coefficient (Wildman–Crippen LogP) is 4.14. The summed E-state index contributed by atoms with van der Waals surface area (Å²) in [4.78, 5) is 28.2. The lowest BCUT2D eigenvalue weighted by molar-refractivity contribution is 0.102. The molecule has 0 atom stereocenters. The van der Waals surface area contributed by atoms with Crippen LogP contribution in [0.5, 0.6) is 0 Å². The molecule has 3 rings (SSSR count). The number of nitrogens with zero attached hydrogens (tertiary/aromatic N) is 1. The Morgan fingerprint density at radius 2 is 1.50 bits per heavy atom. The number of aromatic nitrogens is 1. The van der Waals surface area contributed by atoms with Crippen molar-refractivity contribution >= 4 is 23.2 Å². The van der Waals surface area contributed by atoms with E-state index in [1.165, 1.54) is 24.4 Å². The first-order valence-electron chi connectivity index (χ1n) is 7.83. The van der Waals surface area contributed by atoms with Gasteiger partial charge in [-0.25, -0.2) is 17.6 Å². The van der Waals surface area contributed by atoms with Gasteiger partial charge in [-0.3, -0.25) is 14.6 Å². The fourth-order valence-corrected chi connectivity index (χ4v) is 2.24. The Kier molecular flexibility index (Phi) is 5.35. The molecule has 3 aromatic rings. The van der Waals surface area contributed by atoms with Crippen molar-refractivity contribution in [2.45, 2.75) is 0 Å². The molecule has 2 aromatic carbocycles. The van der Waals surface area contributed by atoms with E-state index in [2.05, 4.69) is 15.6 Å². The van der Waals surface area contributed by atoms with Gasteiger partial charge in [0, 0.05) is 17.4 Å². The minimum Gasteiger partial charge on any atom is -0.322 e. The number of rotatable bonds is 4. The first-order chi connectivity index (χ1) is 13.3. The molecule has 0 bridgehead atoms. The van der Waals surface area contributed by atoms with Crippen molar-refractivity contribution in [3.63, 3.8) is 0 Å². The smallest absolute Gasteiger partial charge is 0.274 e. The summed E-state index contributed by atoms with van der Waals surface area (Å²) in [6, 6.07) is 9.02. The van der Waals surface area contributed by atoms with Crippen molar-refractivity contribution in [2.75, 3.05) is 10.6 Å². The van der Waals surface area contributed by atoms with Crippen molar-refractivity contribution in [1.29, 1.82) is 0 Å². The molecule has 9 heteroatoms. The van der Waals surface area contributed by atoms with Gasteiger partial charge in [0.05, 0.1) is 5.69 Å². The van der Waals surface area contributed by atoms with E-state index >= 15 is 0 Å². The zero-order chi connectivity index (χ0) is 20.3. The van der Waals surface area contributed by atoms with Gasteiger partial charge in [-0.1, -0.05) is 0 Å². The lowest BCUT2D eigenvalue weighted by Crippen LogP contribution is -2.18. The summed E-state index contributed by atoms with van der Waals surface area (Å²) < 4.78 is 52.8. The number of benzene rings is 2. The van der Waals surface area contributed by atoms with Gasteiger partial charge in [-0.15, -0.1) is 0 Å². The highest BCUT2D eigenvalue weighted by molar-refractivity contribution is 6.07. The van der Waals surface area contributed by atoms with Crippen molar-refractivity contribution in [3.8, 4) is 0 Å². The molecule has 0 aliphatic rings. The third-order valence-corrected chi connectivity index (χ3v) is 3.64. The van der Waals surface area contributed by atoms with Crippen LogP contribution in [-0.2, 0) is 0 Å². The molecule has 0 spiro atoms. The Labute approximate surface area is 156 Å². The van der Waals surface area contributed by atoms with E-state index in [4.69, 9.17) is 0 Å². The fourth-order valence-electron chi connectivity index (χ4n) is 2.24. The number of carbonyl (C=O) groups is 2. The Hall–Kier alpha value is -3.75. The Bertz CT molecular complexity index is 1060. The third-order valence-electron chi connectivity index (χ3n) is 3.64. The summed E-state index contributed by atoms with van der Waals surface area (Å²) in [6.45, 7) is 0. The molecule has 0 saturated carbocycles. The van der Waals surface area contributed by atoms with Gasteiger partial charge in [0.1, 0.15) is 11.5 Å². The zero-order valence-electron chi connectivity index (χ0n) is 14.0. The molecule has 0 fully saturated rings. The Morgan fingerprint density at radius 1 is 0.786 bits per heavy atom. The van der Waals surface area contributed by atoms with Gasteiger partial charge in [0.15, 0.2) is 17.5 Å². The van der Waals surface area contributed by atoms with Gasteiger partial charge in [0.2, 0.25) is 0 Å². The second kappa shape index (κ2) is 7.87. The van der Waals surface area contributed by atoms with Crippen LogP contribution in [0.15, 0.2) is 54.7 Å². The molecular formula is C19H11F4N3O2. The maximum Gasteiger partial charge on any atom is 0.274 e. The predicted molar refractivity (Wildman–Crippen MR) is 92.9 cm³/mol. The number of hydrogen-bond acceptors (Lipinski definition) is 3. The molecular weight excluding hydrogens is 378 g/mol. The number of hydrogen-bond donors (Lipinski definition) is 2. The maximum atomic E-state index is 13.7. The van der Waals surface area contributed by atoms with E-state index in [9.17, 15) is 27.2 Å². The monoisotopic (exact) mass is 389 g/mol. The second-order valence-electron chi connectivity index (χ2n) is 5.57. The normalized spacial score (nSPS) is 10.4. The number of carbonyl (C=O) groups excluding carboxylic acids is 2. The maximum absolute atomic E-state index is 13.7. The third kappa shape index (κ3) is 4.14. The van der Waals surface area contributed by atoms with E-state index in [1.54, 1.807) is 0 Å². The van der Waals surface area contributed by atoms with Crippen LogP contribution in [0.3, 0.4) is 0 Å². The van der Waals surface area contributed by atoms with Crippen LogP contribution in [0.1, 0.15) is 20.8 Å². The van der Waals surface area contributed by atoms with Crippen molar-refractivity contribution < 1.29 is 27.2 Å². The lowest BCUT2D eigenvalue weighted by Gasteiger charge is -2.08. The van der Waals surface area contributed by atoms with Crippen LogP contribution in [0.2, 0.25) is 0 Å². The molecule has 0 radical (unpaired) electrons. The highest BCUT2D eigenvalue weighted by atomic mass is 19.2. The minimum atomic E-state index is -1.72. The summed E-state index contributed by atoms with van der Waals surface area (Å²) in [7, 11) is 0. The Morgan fingerprint density at radius 3 is 2.21 bits per heavy atom. The van der Waals surface area contributed by atoms with Crippen LogP contribution < -0.4 is 10.6 Å². The number of nitrogens with one attached hydrogen (secondary N) is 2. The molecule has 2 amide bonds. The fraction of sp³-hybridized carbons (Fsp3) is 0. The van der Waals surface area contributed by atoms with Crippen molar-refractivity contribution in [1.82, 2.24) is 4.98 Å². The van der Waals surface area contributed by atoms with Crippen molar-refractivity contribution in [3.05, 3.63) is 89.3 Å². The molecule has 28 heavy (non-hydrogen) atoms. The van der Waals surface area contributed by atoms with Gasteiger partial charge in [-0.2, -0.15) is 0 Å². The van der Waals surface area contributed by atoms with E-state index in [1.807, 2.05) is 0 Å². The van der Waals surface area contributed by atoms with E-state index in [-0.39, 0.29) is 11.3 Å². The first kappa shape index (κ1) is 19.0. The molecule has 0 saturated heterocycles. The Balaban J connectivity index is 1.77. The van der Waals surface area contributed by atoms with E-state index in [0.717, 1.165) is 24.3 Å². The van der Waals surface area contributed by atoms with Crippen LogP contribution in [0.25, 0.3) is 0 Å². The zero-order valence-corrected chi connectivity index (χ0v) is 14.0. The largest absolute Gasteiger partial charge is 0.322 e. The van der Waals surface area contributed by atoms with Crippen LogP contribution in [-0.4, -0.2) is 16.8 Å². The number of amides is 2. The van der Waals surface area contributed by atoms with E-state index < -0.39 is 40.8 Å². The van der Waals surface area contributed by atoms with Crippen LogP contribution in [0, 0.1) is 23.3 Å². The number of anilines is 2. The molecule has 0 aliphatic carbocycles. The molecule has 2 N–H and O–H groups in total. The average molecular weight is 389 g/mol. The van der Waals surface area contributed by atoms with Gasteiger partial charge < -0.3 is 10.6 Å². The second-order valence-corrected chi connectivity index (χ2v) is 5.57. The molecule has 1 heterocycles. The highest BCUT2D eigenvalue weighted by Gasteiger charge is 2.17. The minimum absolute atomic E-state index is 0.0511.